The highest BCUT2D eigenvalue weighted by molar-refractivity contribution is 6.31. The zero-order valence-corrected chi connectivity index (χ0v) is 13.4. The van der Waals surface area contributed by atoms with Crippen LogP contribution < -0.4 is 21.1 Å². The molecule has 1 aromatic rings. The van der Waals surface area contributed by atoms with E-state index < -0.39 is 11.8 Å². The van der Waals surface area contributed by atoms with Gasteiger partial charge in [0.2, 0.25) is 11.8 Å². The monoisotopic (exact) mass is 341 g/mol. The van der Waals surface area contributed by atoms with E-state index in [2.05, 4.69) is 10.6 Å². The summed E-state index contributed by atoms with van der Waals surface area (Å²) < 4.78 is 11.2. The van der Waals surface area contributed by atoms with Crippen LogP contribution in [-0.4, -0.2) is 44.2 Å². The average molecular weight is 342 g/mol. The van der Waals surface area contributed by atoms with Crippen molar-refractivity contribution in [3.63, 3.8) is 0 Å². The van der Waals surface area contributed by atoms with Crippen molar-refractivity contribution in [3.05, 3.63) is 23.2 Å². The third-order valence-electron chi connectivity index (χ3n) is 3.30. The molecule has 0 aliphatic carbocycles. The first-order valence-electron chi connectivity index (χ1n) is 7.39. The lowest BCUT2D eigenvalue weighted by atomic mass is 10.2. The number of hydrogen-bond acceptors (Lipinski definition) is 5. The molecule has 0 spiro atoms. The molecule has 1 aliphatic heterocycles. The second-order valence-corrected chi connectivity index (χ2v) is 5.55. The molecule has 7 nitrogen and oxygen atoms in total. The van der Waals surface area contributed by atoms with E-state index in [4.69, 9.17) is 26.8 Å². The van der Waals surface area contributed by atoms with E-state index in [0.717, 1.165) is 19.4 Å². The Morgan fingerprint density at radius 1 is 1.39 bits per heavy atom. The van der Waals surface area contributed by atoms with Crippen LogP contribution in [0.5, 0.6) is 5.75 Å². The van der Waals surface area contributed by atoms with Crippen LogP contribution in [0.15, 0.2) is 18.2 Å². The molecule has 2 rings (SSSR count). The Bertz CT molecular complexity index is 562. The quantitative estimate of drug-likeness (QED) is 0.684. The summed E-state index contributed by atoms with van der Waals surface area (Å²) in [6.45, 7) is 0.821. The number of benzene rings is 1. The molecule has 1 aliphatic rings. The normalized spacial score (nSPS) is 16.9. The van der Waals surface area contributed by atoms with E-state index in [1.54, 1.807) is 18.2 Å². The Morgan fingerprint density at radius 2 is 2.22 bits per heavy atom. The topological polar surface area (TPSA) is 103 Å². The maximum Gasteiger partial charge on any atom is 0.243 e. The number of anilines is 1. The van der Waals surface area contributed by atoms with Crippen LogP contribution in [0.2, 0.25) is 5.02 Å². The van der Waals surface area contributed by atoms with E-state index in [1.807, 2.05) is 0 Å². The van der Waals surface area contributed by atoms with Gasteiger partial charge >= 0.3 is 0 Å². The van der Waals surface area contributed by atoms with Gasteiger partial charge in [-0.05, 0) is 31.0 Å². The summed E-state index contributed by atoms with van der Waals surface area (Å²) in [7, 11) is 0. The van der Waals surface area contributed by atoms with Crippen LogP contribution >= 0.6 is 11.6 Å². The summed E-state index contributed by atoms with van der Waals surface area (Å²) in [6, 6.07) is 4.96. The Balaban J connectivity index is 1.94. The van der Waals surface area contributed by atoms with Crippen LogP contribution in [0.1, 0.15) is 12.8 Å². The molecule has 23 heavy (non-hydrogen) atoms. The first-order valence-corrected chi connectivity index (χ1v) is 7.77. The van der Waals surface area contributed by atoms with Gasteiger partial charge in [-0.15, -0.1) is 0 Å². The molecule has 1 aromatic carbocycles. The Morgan fingerprint density at radius 3 is 2.91 bits per heavy atom. The van der Waals surface area contributed by atoms with Gasteiger partial charge < -0.3 is 25.8 Å². The third-order valence-corrected chi connectivity index (χ3v) is 3.53. The second kappa shape index (κ2) is 8.71. The molecule has 2 amide bonds. The van der Waals surface area contributed by atoms with Crippen LogP contribution in [0, 0.1) is 0 Å². The minimum Gasteiger partial charge on any atom is -0.489 e. The molecule has 0 aromatic heterocycles. The molecule has 1 unspecified atom stereocenters. The highest BCUT2D eigenvalue weighted by Crippen LogP contribution is 2.28. The molecule has 1 saturated heterocycles. The zero-order chi connectivity index (χ0) is 16.7. The summed E-state index contributed by atoms with van der Waals surface area (Å²) >= 11 is 5.96. The van der Waals surface area contributed by atoms with Gasteiger partial charge in [0.15, 0.2) is 0 Å². The van der Waals surface area contributed by atoms with Crippen molar-refractivity contribution in [2.75, 3.05) is 31.6 Å². The molecule has 8 heteroatoms. The van der Waals surface area contributed by atoms with Gasteiger partial charge in [-0.25, -0.2) is 0 Å². The van der Waals surface area contributed by atoms with Crippen molar-refractivity contribution in [1.29, 1.82) is 0 Å². The molecule has 0 saturated carbocycles. The van der Waals surface area contributed by atoms with Crippen molar-refractivity contribution in [2.45, 2.75) is 18.9 Å². The van der Waals surface area contributed by atoms with Crippen LogP contribution in [0.4, 0.5) is 5.69 Å². The fraction of sp³-hybridized carbons (Fsp3) is 0.467. The lowest BCUT2D eigenvalue weighted by molar-refractivity contribution is -0.123. The van der Waals surface area contributed by atoms with Crippen molar-refractivity contribution >= 4 is 29.1 Å². The second-order valence-electron chi connectivity index (χ2n) is 5.12. The Labute approximate surface area is 139 Å². The first kappa shape index (κ1) is 17.5. The molecule has 126 valence electrons. The van der Waals surface area contributed by atoms with Gasteiger partial charge in [-0.3, -0.25) is 9.59 Å². The largest absolute Gasteiger partial charge is 0.489 e. The molecule has 1 heterocycles. The summed E-state index contributed by atoms with van der Waals surface area (Å²) in [5.74, 6) is -0.291. The van der Waals surface area contributed by atoms with Gasteiger partial charge in [0, 0.05) is 11.6 Å². The van der Waals surface area contributed by atoms with E-state index >= 15 is 0 Å². The predicted molar refractivity (Wildman–Crippen MR) is 86.6 cm³/mol. The Hall–Kier alpha value is -1.83. The molecule has 1 fully saturated rings. The minimum atomic E-state index is -0.402. The van der Waals surface area contributed by atoms with Gasteiger partial charge in [-0.2, -0.15) is 0 Å². The highest BCUT2D eigenvalue weighted by atomic mass is 35.5. The number of halogens is 1. The van der Waals surface area contributed by atoms with Crippen molar-refractivity contribution in [1.82, 2.24) is 5.32 Å². The molecule has 0 bridgehead atoms. The molecule has 4 N–H and O–H groups in total. The van der Waals surface area contributed by atoms with E-state index in [0.29, 0.717) is 23.1 Å². The molecule has 1 atom stereocenters. The minimum absolute atomic E-state index is 0.0677. The van der Waals surface area contributed by atoms with E-state index in [1.165, 1.54) is 0 Å². The SMILES string of the molecule is NCC(=O)NCC(=O)Nc1cc(Cl)ccc1OCC1CCCO1. The maximum absolute atomic E-state index is 11.9. The van der Waals surface area contributed by atoms with E-state index in [9.17, 15) is 9.59 Å². The Kier molecular flexibility index (Phi) is 6.64. The summed E-state index contributed by atoms with van der Waals surface area (Å²) in [4.78, 5) is 22.9. The average Bonchev–Trinajstić information content (AvgIpc) is 3.05. The van der Waals surface area contributed by atoms with Gasteiger partial charge in [0.05, 0.1) is 24.9 Å². The lowest BCUT2D eigenvalue weighted by Crippen LogP contribution is -2.36. The summed E-state index contributed by atoms with van der Waals surface area (Å²) in [6.07, 6.45) is 2.05. The van der Waals surface area contributed by atoms with Crippen LogP contribution in [-0.2, 0) is 14.3 Å². The van der Waals surface area contributed by atoms with Crippen LogP contribution in [0.25, 0.3) is 0 Å². The lowest BCUT2D eigenvalue weighted by Gasteiger charge is -2.15. The van der Waals surface area contributed by atoms with Gasteiger partial charge in [0.1, 0.15) is 12.4 Å². The summed E-state index contributed by atoms with van der Waals surface area (Å²) in [5, 5.41) is 5.52. The number of nitrogens with one attached hydrogen (secondary N) is 2. The number of hydrogen-bond donors (Lipinski definition) is 3. The molecular formula is C15H20ClN3O4. The van der Waals surface area contributed by atoms with Gasteiger partial charge in [-0.1, -0.05) is 11.6 Å². The number of carbonyl (C=O) groups excluding carboxylic acids is 2. The molecule has 0 radical (unpaired) electrons. The smallest absolute Gasteiger partial charge is 0.243 e. The van der Waals surface area contributed by atoms with Gasteiger partial charge in [0.25, 0.3) is 0 Å². The van der Waals surface area contributed by atoms with Crippen molar-refractivity contribution in [3.8, 4) is 5.75 Å². The van der Waals surface area contributed by atoms with Crippen molar-refractivity contribution < 1.29 is 19.1 Å². The van der Waals surface area contributed by atoms with E-state index in [-0.39, 0.29) is 19.2 Å². The predicted octanol–water partition coefficient (Wildman–Crippen LogP) is 0.911. The number of ether oxygens (including phenoxy) is 2. The number of nitrogens with two attached hydrogens (primary N) is 1. The standard InChI is InChI=1S/C15H20ClN3O4/c16-10-3-4-13(23-9-11-2-1-5-22-11)12(6-10)19-15(21)8-18-14(20)7-17/h3-4,6,11H,1-2,5,7-9,17H2,(H,18,20)(H,19,21). The number of amides is 2. The summed E-state index contributed by atoms with van der Waals surface area (Å²) in [5.41, 5.74) is 5.61. The number of carbonyl (C=O) groups is 2. The van der Waals surface area contributed by atoms with Crippen LogP contribution in [0.3, 0.4) is 0 Å². The fourth-order valence-corrected chi connectivity index (χ4v) is 2.30. The highest BCUT2D eigenvalue weighted by Gasteiger charge is 2.17. The zero-order valence-electron chi connectivity index (χ0n) is 12.6. The molecular weight excluding hydrogens is 322 g/mol. The fourth-order valence-electron chi connectivity index (χ4n) is 2.13. The maximum atomic E-state index is 11.9. The third kappa shape index (κ3) is 5.70. The van der Waals surface area contributed by atoms with Crippen molar-refractivity contribution in [2.24, 2.45) is 5.73 Å². The first-order chi connectivity index (χ1) is 11.1. The number of rotatable bonds is 7.